The van der Waals surface area contributed by atoms with Crippen LogP contribution in [0, 0.1) is 0 Å². The summed E-state index contributed by atoms with van der Waals surface area (Å²) in [6.07, 6.45) is 1.13. The fourth-order valence-corrected chi connectivity index (χ4v) is 7.81. The molecule has 0 amide bonds. The zero-order chi connectivity index (χ0) is 24.8. The molecule has 0 fully saturated rings. The Morgan fingerprint density at radius 2 is 1.53 bits per heavy atom. The van der Waals surface area contributed by atoms with Crippen molar-refractivity contribution in [2.24, 2.45) is 0 Å². The first-order chi connectivity index (χ1) is 17.2. The molecule has 0 saturated heterocycles. The van der Waals surface area contributed by atoms with Crippen LogP contribution in [-0.4, -0.2) is 14.6 Å². The molecule has 5 aromatic carbocycles. The maximum atomic E-state index is 2.54. The Labute approximate surface area is 215 Å². The fraction of sp³-hybridized carbons (Fsp3) is 0.235. The van der Waals surface area contributed by atoms with E-state index in [1.807, 2.05) is 0 Å². The largest absolute Gasteiger partial charge is 0.341 e. The monoisotopic (exact) mass is 483 g/mol. The van der Waals surface area contributed by atoms with Crippen LogP contribution in [0.2, 0.25) is 19.6 Å². The van der Waals surface area contributed by atoms with E-state index in [1.54, 1.807) is 5.19 Å². The number of benzene rings is 5. The van der Waals surface area contributed by atoms with Gasteiger partial charge in [-0.3, -0.25) is 0 Å². The highest BCUT2D eigenvalue weighted by Gasteiger charge is 2.37. The van der Waals surface area contributed by atoms with Gasteiger partial charge in [0, 0.05) is 23.3 Å². The van der Waals surface area contributed by atoms with Crippen LogP contribution < -0.4 is 10.1 Å². The number of anilines is 2. The lowest BCUT2D eigenvalue weighted by atomic mass is 9.81. The molecule has 0 atom stereocenters. The van der Waals surface area contributed by atoms with E-state index in [2.05, 4.69) is 123 Å². The molecule has 0 bridgehead atoms. The van der Waals surface area contributed by atoms with Crippen molar-refractivity contribution in [3.63, 3.8) is 0 Å². The molecule has 2 aliphatic rings. The van der Waals surface area contributed by atoms with Crippen molar-refractivity contribution >= 4 is 46.2 Å². The Hall–Kier alpha value is -3.36. The van der Waals surface area contributed by atoms with Gasteiger partial charge in [0.2, 0.25) is 0 Å². The summed E-state index contributed by atoms with van der Waals surface area (Å²) in [6.45, 7) is 13.2. The summed E-state index contributed by atoms with van der Waals surface area (Å²) in [5.41, 5.74) is 9.91. The van der Waals surface area contributed by atoms with Crippen molar-refractivity contribution in [3.8, 4) is 11.1 Å². The summed E-state index contributed by atoms with van der Waals surface area (Å²) >= 11 is 0. The van der Waals surface area contributed by atoms with E-state index in [1.165, 1.54) is 60.7 Å². The quantitative estimate of drug-likeness (QED) is 0.180. The molecule has 0 radical (unpaired) electrons. The van der Waals surface area contributed by atoms with Gasteiger partial charge in [0.15, 0.2) is 0 Å². The number of rotatable bonds is 2. The molecule has 2 heteroatoms. The van der Waals surface area contributed by atoms with E-state index >= 15 is 0 Å². The van der Waals surface area contributed by atoms with E-state index in [0.29, 0.717) is 0 Å². The maximum Gasteiger partial charge on any atom is 0.0776 e. The average molecular weight is 484 g/mol. The molecule has 36 heavy (non-hydrogen) atoms. The zero-order valence-electron chi connectivity index (χ0n) is 21.9. The number of hydrogen-bond donors (Lipinski definition) is 0. The van der Waals surface area contributed by atoms with E-state index in [-0.39, 0.29) is 5.41 Å². The minimum absolute atomic E-state index is 0.0231. The van der Waals surface area contributed by atoms with Crippen molar-refractivity contribution < 1.29 is 0 Å². The molecule has 5 aromatic rings. The Bertz CT molecular complexity index is 1700. The molecule has 1 aliphatic carbocycles. The smallest absolute Gasteiger partial charge is 0.0776 e. The topological polar surface area (TPSA) is 3.24 Å². The van der Waals surface area contributed by atoms with Crippen LogP contribution in [0.5, 0.6) is 0 Å². The number of hydrogen-bond acceptors (Lipinski definition) is 1. The van der Waals surface area contributed by atoms with Crippen molar-refractivity contribution in [1.29, 1.82) is 0 Å². The molecule has 0 aromatic heterocycles. The first kappa shape index (κ1) is 21.9. The van der Waals surface area contributed by atoms with Crippen LogP contribution >= 0.6 is 0 Å². The highest BCUT2D eigenvalue weighted by Crippen LogP contribution is 2.53. The van der Waals surface area contributed by atoms with Crippen LogP contribution in [-0.2, 0) is 11.8 Å². The van der Waals surface area contributed by atoms with Crippen LogP contribution in [0.3, 0.4) is 0 Å². The van der Waals surface area contributed by atoms with Gasteiger partial charge in [0.05, 0.1) is 8.07 Å². The van der Waals surface area contributed by atoms with Crippen molar-refractivity contribution in [3.05, 3.63) is 102 Å². The van der Waals surface area contributed by atoms with E-state index in [0.717, 1.165) is 13.0 Å². The van der Waals surface area contributed by atoms with Gasteiger partial charge in [0.1, 0.15) is 0 Å². The lowest BCUT2D eigenvalue weighted by Crippen LogP contribution is -2.37. The Balaban J connectivity index is 1.37. The molecule has 0 unspecified atom stereocenters. The fourth-order valence-electron chi connectivity index (χ4n) is 6.62. The summed E-state index contributed by atoms with van der Waals surface area (Å²) in [4.78, 5) is 2.54. The van der Waals surface area contributed by atoms with Gasteiger partial charge >= 0.3 is 0 Å². The lowest BCUT2D eigenvalue weighted by Gasteiger charge is -2.25. The minimum Gasteiger partial charge on any atom is -0.341 e. The van der Waals surface area contributed by atoms with Crippen molar-refractivity contribution in [1.82, 2.24) is 0 Å². The van der Waals surface area contributed by atoms with E-state index in [4.69, 9.17) is 0 Å². The van der Waals surface area contributed by atoms with Gasteiger partial charge in [-0.1, -0.05) is 105 Å². The zero-order valence-corrected chi connectivity index (χ0v) is 22.9. The summed E-state index contributed by atoms with van der Waals surface area (Å²) < 4.78 is 0. The first-order valence-corrected chi connectivity index (χ1v) is 16.7. The van der Waals surface area contributed by atoms with Gasteiger partial charge in [-0.05, 0) is 74.0 Å². The Morgan fingerprint density at radius 1 is 0.722 bits per heavy atom. The van der Waals surface area contributed by atoms with Crippen LogP contribution in [0.25, 0.3) is 32.7 Å². The predicted molar refractivity (Wildman–Crippen MR) is 159 cm³/mol. The second-order valence-electron chi connectivity index (χ2n) is 12.2. The third-order valence-electron chi connectivity index (χ3n) is 8.70. The molecular weight excluding hydrogens is 450 g/mol. The van der Waals surface area contributed by atoms with E-state index < -0.39 is 8.07 Å². The van der Waals surface area contributed by atoms with Gasteiger partial charge < -0.3 is 4.90 Å². The SMILES string of the molecule is CC1(C)c2cc(N3CCc4cc([Si](C)(C)C)ccc43)ccc2-c2c1ccc1c2ccc2ccccc21. The summed E-state index contributed by atoms with van der Waals surface area (Å²) in [5, 5.41) is 6.94. The number of nitrogens with zero attached hydrogens (tertiary/aromatic N) is 1. The molecule has 1 nitrogen and oxygen atoms in total. The van der Waals surface area contributed by atoms with Crippen LogP contribution in [0.1, 0.15) is 30.5 Å². The van der Waals surface area contributed by atoms with Crippen molar-refractivity contribution in [2.75, 3.05) is 11.4 Å². The van der Waals surface area contributed by atoms with E-state index in [9.17, 15) is 0 Å². The average Bonchev–Trinajstić information content (AvgIpc) is 3.39. The standard InChI is InChI=1S/C34H33NSi/c1-34(2)30-16-15-27-26-9-7-6-8-22(26)10-13-28(27)33(30)29-14-11-24(21-31(29)34)35-19-18-23-20-25(36(3,4)5)12-17-32(23)35/h6-17,20-21H,18-19H2,1-5H3. The molecule has 1 aliphatic heterocycles. The summed E-state index contributed by atoms with van der Waals surface area (Å²) in [7, 11) is -1.31. The summed E-state index contributed by atoms with van der Waals surface area (Å²) in [5.74, 6) is 0. The highest BCUT2D eigenvalue weighted by atomic mass is 28.3. The summed E-state index contributed by atoms with van der Waals surface area (Å²) in [6, 6.07) is 32.6. The third-order valence-corrected chi connectivity index (χ3v) is 10.7. The Morgan fingerprint density at radius 3 is 2.36 bits per heavy atom. The van der Waals surface area contributed by atoms with Gasteiger partial charge in [0.25, 0.3) is 0 Å². The molecule has 7 rings (SSSR count). The van der Waals surface area contributed by atoms with Crippen LogP contribution in [0.4, 0.5) is 11.4 Å². The lowest BCUT2D eigenvalue weighted by molar-refractivity contribution is 0.660. The predicted octanol–water partition coefficient (Wildman–Crippen LogP) is 8.54. The second-order valence-corrected chi connectivity index (χ2v) is 17.3. The molecular formula is C34H33NSi. The molecule has 1 heterocycles. The minimum atomic E-state index is -1.31. The maximum absolute atomic E-state index is 2.54. The number of fused-ring (bicyclic) bond motifs is 8. The van der Waals surface area contributed by atoms with Crippen molar-refractivity contribution in [2.45, 2.75) is 45.3 Å². The second kappa shape index (κ2) is 7.33. The normalized spacial score (nSPS) is 15.9. The molecule has 178 valence electrons. The molecule has 0 spiro atoms. The van der Waals surface area contributed by atoms with Gasteiger partial charge in [-0.15, -0.1) is 0 Å². The molecule has 0 saturated carbocycles. The van der Waals surface area contributed by atoms with Gasteiger partial charge in [-0.25, -0.2) is 0 Å². The van der Waals surface area contributed by atoms with Crippen LogP contribution in [0.15, 0.2) is 84.9 Å². The highest BCUT2D eigenvalue weighted by molar-refractivity contribution is 6.88. The Kier molecular flexibility index (Phi) is 4.46. The van der Waals surface area contributed by atoms with Gasteiger partial charge in [-0.2, -0.15) is 0 Å². The molecule has 0 N–H and O–H groups in total. The first-order valence-electron chi connectivity index (χ1n) is 13.2. The third kappa shape index (κ3) is 3.00.